The van der Waals surface area contributed by atoms with Gasteiger partial charge in [-0.05, 0) is 225 Å². The molecule has 100 heavy (non-hydrogen) atoms. The average Bonchev–Trinajstić information content (AvgIpc) is 0.706. The van der Waals surface area contributed by atoms with E-state index in [9.17, 15) is 11.0 Å². The molecule has 0 aliphatic carbocycles. The molecular formula is C98H60O2. The van der Waals surface area contributed by atoms with Crippen LogP contribution >= 0.6 is 0 Å². The molecule has 2 heteroatoms. The van der Waals surface area contributed by atoms with Crippen molar-refractivity contribution in [3.05, 3.63) is 364 Å². The van der Waals surface area contributed by atoms with Crippen molar-refractivity contribution in [2.24, 2.45) is 0 Å². The quantitative estimate of drug-likeness (QED) is 0.149. The van der Waals surface area contributed by atoms with E-state index >= 15 is 0 Å². The minimum atomic E-state index is -0.439. The van der Waals surface area contributed by atoms with Crippen molar-refractivity contribution in [1.29, 1.82) is 0 Å². The normalized spacial score (nSPS) is 14.0. The van der Waals surface area contributed by atoms with E-state index in [-0.39, 0.29) is 91.4 Å². The van der Waals surface area contributed by atoms with Crippen molar-refractivity contribution >= 4 is 130 Å². The van der Waals surface area contributed by atoms with Gasteiger partial charge in [-0.2, -0.15) is 0 Å². The third-order valence-electron chi connectivity index (χ3n) is 19.7. The van der Waals surface area contributed by atoms with Crippen LogP contribution in [0.15, 0.2) is 372 Å². The molecule has 0 aliphatic heterocycles. The lowest BCUT2D eigenvalue weighted by Gasteiger charge is -2.20. The molecule has 0 radical (unpaired) electrons. The molecule has 19 aromatic carbocycles. The van der Waals surface area contributed by atoms with Gasteiger partial charge in [0.25, 0.3) is 0 Å². The highest BCUT2D eigenvalue weighted by atomic mass is 16.3. The van der Waals surface area contributed by atoms with Gasteiger partial charge in [-0.3, -0.25) is 0 Å². The van der Waals surface area contributed by atoms with Crippen molar-refractivity contribution in [2.75, 3.05) is 0 Å². The molecule has 21 rings (SSSR count). The van der Waals surface area contributed by atoms with E-state index in [2.05, 4.69) is 42.5 Å². The number of hydrogen-bond acceptors (Lipinski definition) is 2. The minimum Gasteiger partial charge on any atom is -0.456 e. The summed E-state index contributed by atoms with van der Waals surface area (Å²) in [5.74, 6) is 0. The molecule has 0 N–H and O–H groups in total. The summed E-state index contributed by atoms with van der Waals surface area (Å²) in [6, 6.07) is 81.0. The van der Waals surface area contributed by atoms with Crippen LogP contribution in [0.2, 0.25) is 0 Å². The summed E-state index contributed by atoms with van der Waals surface area (Å²) in [5, 5.41) is 12.6. The smallest absolute Gasteiger partial charge is 0.136 e. The van der Waals surface area contributed by atoms with Crippen LogP contribution in [0.25, 0.3) is 208 Å². The SMILES string of the molecule is [2H]c1c([2H])c([2H])c2c(-c3ccc(-c4ccc5ccccc5c4)c4ccccc34)c3c([2H])c([2H])c([2H])c([2H])c3c(-c3ccc4oc5cc6ccccc6cc5c4c3)c2c1[2H].[2H]c1c([2H])c([2H])c2c(-c3ccc4oc5cc6ccccc6cc5c4c3)c3c([2H])c([2H])c([2H])c([2H])c3c(-c3ccc(-c4ccccc4)c(-c4ccccc4)c3)c2c1[2H]. The van der Waals surface area contributed by atoms with Crippen LogP contribution < -0.4 is 0 Å². The molecule has 0 amide bonds. The highest BCUT2D eigenvalue weighted by molar-refractivity contribution is 6.26. The van der Waals surface area contributed by atoms with Gasteiger partial charge < -0.3 is 8.83 Å². The maximum atomic E-state index is 9.53. The molecule has 0 saturated carbocycles. The number of benzene rings is 19. The molecule has 0 unspecified atom stereocenters. The Balaban J connectivity index is 0.000000150. The fraction of sp³-hybridized carbons (Fsp3) is 0. The van der Waals surface area contributed by atoms with Crippen LogP contribution in [-0.4, -0.2) is 0 Å². The van der Waals surface area contributed by atoms with Crippen molar-refractivity contribution in [3.8, 4) is 77.9 Å². The first-order valence-corrected chi connectivity index (χ1v) is 33.1. The number of fused-ring (bicyclic) bond motifs is 14. The number of hydrogen-bond donors (Lipinski definition) is 0. The molecular weight excluding hydrogens is 1210 g/mol. The van der Waals surface area contributed by atoms with Crippen LogP contribution in [0.5, 0.6) is 0 Å². The summed E-state index contributed by atoms with van der Waals surface area (Å²) in [5.41, 5.74) is 11.7. The average molecular weight is 1290 g/mol. The zero-order valence-electron chi connectivity index (χ0n) is 69.2. The molecule has 464 valence electrons. The molecule has 21 aromatic rings. The van der Waals surface area contributed by atoms with Crippen molar-refractivity contribution < 1.29 is 30.8 Å². The van der Waals surface area contributed by atoms with Crippen molar-refractivity contribution in [3.63, 3.8) is 0 Å². The third-order valence-corrected chi connectivity index (χ3v) is 19.7. The van der Waals surface area contributed by atoms with Crippen LogP contribution in [0.1, 0.15) is 21.9 Å². The summed E-state index contributed by atoms with van der Waals surface area (Å²) < 4.78 is 160. The van der Waals surface area contributed by atoms with Gasteiger partial charge in [0.1, 0.15) is 22.3 Å². The van der Waals surface area contributed by atoms with E-state index in [1.165, 1.54) is 0 Å². The summed E-state index contributed by atoms with van der Waals surface area (Å²) in [6.45, 7) is 0. The molecule has 0 spiro atoms. The highest BCUT2D eigenvalue weighted by Crippen LogP contribution is 2.50. The molecule has 2 nitrogen and oxygen atoms in total. The minimum absolute atomic E-state index is 0.166. The van der Waals surface area contributed by atoms with E-state index in [4.69, 9.17) is 19.8 Å². The topological polar surface area (TPSA) is 26.3 Å². The second kappa shape index (κ2) is 23.3. The first-order chi connectivity index (χ1) is 56.2. The lowest BCUT2D eigenvalue weighted by molar-refractivity contribution is 0.669. The maximum Gasteiger partial charge on any atom is 0.136 e. The summed E-state index contributed by atoms with van der Waals surface area (Å²) >= 11 is 0. The fourth-order valence-corrected chi connectivity index (χ4v) is 15.2. The van der Waals surface area contributed by atoms with E-state index in [0.29, 0.717) is 66.8 Å². The van der Waals surface area contributed by atoms with Crippen LogP contribution in [-0.2, 0) is 0 Å². The van der Waals surface area contributed by atoms with Gasteiger partial charge in [0.05, 0.1) is 21.9 Å². The lowest BCUT2D eigenvalue weighted by Crippen LogP contribution is -1.92. The largest absolute Gasteiger partial charge is 0.456 e. The second-order valence-corrected chi connectivity index (χ2v) is 25.3. The molecule has 0 bridgehead atoms. The van der Waals surface area contributed by atoms with Gasteiger partial charge in [-0.15, -0.1) is 0 Å². The summed E-state index contributed by atoms with van der Waals surface area (Å²) in [4.78, 5) is 0. The fourth-order valence-electron chi connectivity index (χ4n) is 15.2. The van der Waals surface area contributed by atoms with E-state index < -0.39 is 48.3 Å². The first-order valence-electron chi connectivity index (χ1n) is 41.1. The van der Waals surface area contributed by atoms with Crippen LogP contribution in [0, 0.1) is 0 Å². The monoisotopic (exact) mass is 1280 g/mol. The van der Waals surface area contributed by atoms with E-state index in [0.717, 1.165) is 98.0 Å². The Bertz CT molecular complexity index is 7750. The molecule has 0 aliphatic rings. The predicted molar refractivity (Wildman–Crippen MR) is 426 cm³/mol. The second-order valence-electron chi connectivity index (χ2n) is 25.3. The van der Waals surface area contributed by atoms with Gasteiger partial charge in [0.2, 0.25) is 0 Å². The van der Waals surface area contributed by atoms with Gasteiger partial charge in [-0.1, -0.05) is 303 Å². The molecule has 2 heterocycles. The Morgan fingerprint density at radius 3 is 0.970 bits per heavy atom. The number of rotatable bonds is 7. The molecule has 0 atom stereocenters. The molecule has 0 fully saturated rings. The Morgan fingerprint density at radius 2 is 0.500 bits per heavy atom. The van der Waals surface area contributed by atoms with Crippen molar-refractivity contribution in [2.45, 2.75) is 0 Å². The Kier molecular flexibility index (Phi) is 10.1. The predicted octanol–water partition coefficient (Wildman–Crippen LogP) is 28.1. The Hall–Kier alpha value is -13.1. The van der Waals surface area contributed by atoms with Crippen LogP contribution in [0.3, 0.4) is 0 Å². The Morgan fingerprint density at radius 1 is 0.170 bits per heavy atom. The van der Waals surface area contributed by atoms with E-state index in [1.54, 1.807) is 12.1 Å². The van der Waals surface area contributed by atoms with Gasteiger partial charge in [-0.25, -0.2) is 0 Å². The molecule has 2 aromatic heterocycles. The van der Waals surface area contributed by atoms with Crippen LogP contribution in [0.4, 0.5) is 0 Å². The summed E-state index contributed by atoms with van der Waals surface area (Å²) in [6.07, 6.45) is 0. The molecule has 0 saturated heterocycles. The lowest BCUT2D eigenvalue weighted by atomic mass is 9.83. The maximum absolute atomic E-state index is 9.53. The van der Waals surface area contributed by atoms with E-state index in [1.807, 2.05) is 212 Å². The zero-order valence-corrected chi connectivity index (χ0v) is 53.2. The van der Waals surface area contributed by atoms with Gasteiger partial charge in [0.15, 0.2) is 0 Å². The Labute approximate surface area is 599 Å². The van der Waals surface area contributed by atoms with Crippen molar-refractivity contribution in [1.82, 2.24) is 0 Å². The zero-order chi connectivity index (χ0) is 79.7. The third kappa shape index (κ3) is 9.41. The highest BCUT2D eigenvalue weighted by Gasteiger charge is 2.23. The van der Waals surface area contributed by atoms with Gasteiger partial charge >= 0.3 is 0 Å². The first kappa shape index (κ1) is 43.1. The summed E-state index contributed by atoms with van der Waals surface area (Å²) in [7, 11) is 0. The standard InChI is InChI=1S/C50H30O.C48H30O/c1-2-12-32-27-35(22-21-31(32)11-1)37-24-25-44(39-16-6-5-15-38(37)39)50-42-19-9-7-17-40(42)49(41-18-8-10-20-43(41)50)36-23-26-47-45(29-36)46-28-33-13-3-4-14-34(33)30-48(46)51-47;1-3-13-31(14-4-1)37-25-23-35(28-42(37)32-15-5-2-6-16-32)47-38-19-9-11-21-40(38)48(41-22-12-10-20-39(41)47)36-24-26-45-43(29-36)44-27-33-17-7-8-18-34(33)30-46(44)49-45/h1-30H;1-30H/i7D,8D,9D,10D,17D,18D,19D,20D;9D,10D,11D,12D,19D,20D,21D,22D. The van der Waals surface area contributed by atoms with Gasteiger partial charge in [0, 0.05) is 21.5 Å². The number of furan rings is 2.